The molecule has 2 heterocycles. The van der Waals surface area contributed by atoms with Gasteiger partial charge in [0.2, 0.25) is 0 Å². The predicted octanol–water partition coefficient (Wildman–Crippen LogP) is 2.30. The van der Waals surface area contributed by atoms with Gasteiger partial charge in [0, 0.05) is 31.8 Å². The third-order valence-corrected chi connectivity index (χ3v) is 5.15. The molecule has 0 amide bonds. The molecular weight excluding hydrogens is 483 g/mol. The van der Waals surface area contributed by atoms with E-state index in [2.05, 4.69) is 40.3 Å². The van der Waals surface area contributed by atoms with Crippen molar-refractivity contribution in [2.24, 2.45) is 10.7 Å². The molecule has 1 atom stereocenters. The lowest BCUT2D eigenvalue weighted by Gasteiger charge is -2.26. The van der Waals surface area contributed by atoms with Gasteiger partial charge in [0.05, 0.1) is 25.9 Å². The van der Waals surface area contributed by atoms with Crippen LogP contribution in [0.4, 0.5) is 0 Å². The molecule has 164 valence electrons. The summed E-state index contributed by atoms with van der Waals surface area (Å²) in [4.78, 5) is 6.91. The van der Waals surface area contributed by atoms with Gasteiger partial charge in [-0.05, 0) is 44.4 Å². The minimum atomic E-state index is 0. The van der Waals surface area contributed by atoms with E-state index in [0.29, 0.717) is 19.1 Å². The van der Waals surface area contributed by atoms with E-state index < -0.39 is 0 Å². The van der Waals surface area contributed by atoms with Crippen LogP contribution in [0.25, 0.3) is 0 Å². The van der Waals surface area contributed by atoms with E-state index in [0.717, 1.165) is 76.6 Å². The smallest absolute Gasteiger partial charge is 0.188 e. The third-order valence-electron chi connectivity index (χ3n) is 5.15. The fraction of sp³-hybridized carbons (Fsp3) is 0.667. The van der Waals surface area contributed by atoms with E-state index in [1.165, 1.54) is 5.56 Å². The number of aryl methyl sites for hydroxylation is 1. The molecule has 29 heavy (non-hydrogen) atoms. The Bertz CT molecular complexity index is 632. The predicted molar refractivity (Wildman–Crippen MR) is 126 cm³/mol. The fourth-order valence-electron chi connectivity index (χ4n) is 3.46. The molecular formula is C21H35IN4O3. The van der Waals surface area contributed by atoms with Gasteiger partial charge in [-0.15, -0.1) is 24.0 Å². The van der Waals surface area contributed by atoms with Crippen LogP contribution in [0.15, 0.2) is 23.2 Å². The highest BCUT2D eigenvalue weighted by Gasteiger charge is 2.17. The molecule has 2 aliphatic heterocycles. The number of nitrogens with one attached hydrogen (secondary N) is 1. The molecule has 1 unspecified atom stereocenters. The largest absolute Gasteiger partial charge is 0.491 e. The minimum Gasteiger partial charge on any atom is -0.491 e. The summed E-state index contributed by atoms with van der Waals surface area (Å²) in [7, 11) is 0. The van der Waals surface area contributed by atoms with Crippen molar-refractivity contribution < 1.29 is 14.2 Å². The standard InChI is InChI=1S/C21H34N4O3.HI/c1-17-5-6-18(20(14-17)28-16-19-4-2-11-27-19)15-24-21(22)23-7-3-8-25-9-12-26-13-10-25;/h5-6,14,19H,2-4,7-13,15-16H2,1H3,(H3,22,23,24);1H. The number of nitrogens with two attached hydrogens (primary N) is 1. The van der Waals surface area contributed by atoms with Gasteiger partial charge < -0.3 is 25.3 Å². The lowest BCUT2D eigenvalue weighted by Crippen LogP contribution is -2.39. The summed E-state index contributed by atoms with van der Waals surface area (Å²) < 4.78 is 17.0. The number of halogens is 1. The maximum Gasteiger partial charge on any atom is 0.188 e. The molecule has 0 radical (unpaired) electrons. The average Bonchev–Trinajstić information content (AvgIpc) is 3.23. The van der Waals surface area contributed by atoms with Crippen LogP contribution in [0, 0.1) is 6.92 Å². The molecule has 0 bridgehead atoms. The zero-order valence-corrected chi connectivity index (χ0v) is 19.7. The van der Waals surface area contributed by atoms with Crippen molar-refractivity contribution in [1.82, 2.24) is 10.2 Å². The van der Waals surface area contributed by atoms with Gasteiger partial charge in [-0.1, -0.05) is 12.1 Å². The van der Waals surface area contributed by atoms with Gasteiger partial charge >= 0.3 is 0 Å². The molecule has 2 saturated heterocycles. The SMILES string of the molecule is Cc1ccc(CN=C(N)NCCCN2CCOCC2)c(OCC2CCCO2)c1.I. The van der Waals surface area contributed by atoms with Crippen molar-refractivity contribution >= 4 is 29.9 Å². The quantitative estimate of drug-likeness (QED) is 0.226. The Hall–Kier alpha value is -1.10. The monoisotopic (exact) mass is 518 g/mol. The Balaban J connectivity index is 0.00000300. The molecule has 8 heteroatoms. The number of aliphatic imine (C=N–C) groups is 1. The summed E-state index contributed by atoms with van der Waals surface area (Å²) in [5.74, 6) is 1.35. The number of hydrogen-bond acceptors (Lipinski definition) is 5. The normalized spacial score (nSPS) is 20.3. The van der Waals surface area contributed by atoms with Crippen molar-refractivity contribution in [1.29, 1.82) is 0 Å². The van der Waals surface area contributed by atoms with Crippen molar-refractivity contribution in [2.45, 2.75) is 38.8 Å². The maximum atomic E-state index is 6.04. The van der Waals surface area contributed by atoms with E-state index in [1.54, 1.807) is 0 Å². The molecule has 2 aliphatic rings. The molecule has 1 aromatic carbocycles. The summed E-state index contributed by atoms with van der Waals surface area (Å²) in [6.07, 6.45) is 3.43. The second kappa shape index (κ2) is 13.3. The summed E-state index contributed by atoms with van der Waals surface area (Å²) in [6.45, 7) is 9.60. The topological polar surface area (TPSA) is 81.3 Å². The molecule has 0 spiro atoms. The van der Waals surface area contributed by atoms with Gasteiger partial charge in [-0.25, -0.2) is 4.99 Å². The lowest BCUT2D eigenvalue weighted by molar-refractivity contribution is 0.0376. The first kappa shape index (κ1) is 24.2. The average molecular weight is 518 g/mol. The minimum absolute atomic E-state index is 0. The number of rotatable bonds is 9. The summed E-state index contributed by atoms with van der Waals surface area (Å²) >= 11 is 0. The molecule has 0 saturated carbocycles. The van der Waals surface area contributed by atoms with Crippen LogP contribution < -0.4 is 15.8 Å². The highest BCUT2D eigenvalue weighted by atomic mass is 127. The first-order valence-corrected chi connectivity index (χ1v) is 10.4. The van der Waals surface area contributed by atoms with Crippen LogP contribution in [-0.2, 0) is 16.0 Å². The highest BCUT2D eigenvalue weighted by Crippen LogP contribution is 2.23. The number of hydrogen-bond donors (Lipinski definition) is 2. The first-order chi connectivity index (χ1) is 13.7. The Morgan fingerprint density at radius 2 is 2.14 bits per heavy atom. The van der Waals surface area contributed by atoms with Gasteiger partial charge in [0.25, 0.3) is 0 Å². The van der Waals surface area contributed by atoms with Crippen LogP contribution in [0.5, 0.6) is 5.75 Å². The van der Waals surface area contributed by atoms with Crippen molar-refractivity contribution in [3.05, 3.63) is 29.3 Å². The maximum absolute atomic E-state index is 6.04. The van der Waals surface area contributed by atoms with Gasteiger partial charge in [0.1, 0.15) is 12.4 Å². The number of nitrogens with zero attached hydrogens (tertiary/aromatic N) is 2. The molecule has 2 fully saturated rings. The summed E-state index contributed by atoms with van der Waals surface area (Å²) in [5.41, 5.74) is 8.25. The van der Waals surface area contributed by atoms with Crippen LogP contribution in [0.3, 0.4) is 0 Å². The van der Waals surface area contributed by atoms with Gasteiger partial charge in [0.15, 0.2) is 5.96 Å². The molecule has 7 nitrogen and oxygen atoms in total. The number of benzene rings is 1. The van der Waals surface area contributed by atoms with Crippen LogP contribution in [-0.4, -0.2) is 69.6 Å². The highest BCUT2D eigenvalue weighted by molar-refractivity contribution is 14.0. The number of ether oxygens (including phenoxy) is 3. The molecule has 0 aliphatic carbocycles. The van der Waals surface area contributed by atoms with Crippen molar-refractivity contribution in [3.8, 4) is 5.75 Å². The number of morpholine rings is 1. The van der Waals surface area contributed by atoms with E-state index >= 15 is 0 Å². The Labute approximate surface area is 191 Å². The zero-order valence-electron chi connectivity index (χ0n) is 17.4. The van der Waals surface area contributed by atoms with Crippen LogP contribution in [0.1, 0.15) is 30.4 Å². The van der Waals surface area contributed by atoms with E-state index in [4.69, 9.17) is 19.9 Å². The van der Waals surface area contributed by atoms with E-state index in [-0.39, 0.29) is 30.1 Å². The third kappa shape index (κ3) is 8.65. The van der Waals surface area contributed by atoms with E-state index in [9.17, 15) is 0 Å². The molecule has 3 N–H and O–H groups in total. The van der Waals surface area contributed by atoms with Gasteiger partial charge in [-0.2, -0.15) is 0 Å². The Morgan fingerprint density at radius 1 is 1.31 bits per heavy atom. The van der Waals surface area contributed by atoms with Crippen LogP contribution in [0.2, 0.25) is 0 Å². The van der Waals surface area contributed by atoms with Crippen LogP contribution >= 0.6 is 24.0 Å². The zero-order chi connectivity index (χ0) is 19.6. The Kier molecular flexibility index (Phi) is 11.0. The summed E-state index contributed by atoms with van der Waals surface area (Å²) in [5, 5.41) is 3.21. The second-order valence-corrected chi connectivity index (χ2v) is 7.49. The first-order valence-electron chi connectivity index (χ1n) is 10.4. The number of guanidine groups is 1. The lowest BCUT2D eigenvalue weighted by atomic mass is 10.1. The summed E-state index contributed by atoms with van der Waals surface area (Å²) in [6, 6.07) is 6.21. The van der Waals surface area contributed by atoms with E-state index in [1.807, 2.05) is 0 Å². The van der Waals surface area contributed by atoms with Gasteiger partial charge in [-0.3, -0.25) is 4.90 Å². The second-order valence-electron chi connectivity index (χ2n) is 7.49. The molecule has 1 aromatic rings. The Morgan fingerprint density at radius 3 is 2.90 bits per heavy atom. The van der Waals surface area contributed by atoms with Crippen molar-refractivity contribution in [2.75, 3.05) is 52.6 Å². The fourth-order valence-corrected chi connectivity index (χ4v) is 3.46. The molecule has 0 aromatic heterocycles. The molecule has 3 rings (SSSR count). The van der Waals surface area contributed by atoms with Crippen molar-refractivity contribution in [3.63, 3.8) is 0 Å².